The number of rotatable bonds is 4. The molecule has 0 spiro atoms. The Morgan fingerprint density at radius 1 is 1.50 bits per heavy atom. The number of carbonyl (C=O) groups excluding carboxylic acids is 1. The standard InChI is InChI=1S/C16H23N5O3/c1-3-21(15-9(2)7-10(8-22)24-15)14-11-5-4-6-12(23)18-13(11)19-16(17)20-14/h4,6,9-10,15,22H,3,5,7-8H2,1-2H3,(H3,17,18,19,20,23). The largest absolute Gasteiger partial charge is 0.394 e. The fourth-order valence-corrected chi connectivity index (χ4v) is 3.33. The van der Waals surface area contributed by atoms with Gasteiger partial charge in [0.25, 0.3) is 0 Å². The second-order valence-electron chi connectivity index (χ2n) is 6.16. The van der Waals surface area contributed by atoms with Gasteiger partial charge in [-0.2, -0.15) is 9.97 Å². The van der Waals surface area contributed by atoms with Crippen molar-refractivity contribution in [1.82, 2.24) is 9.97 Å². The Morgan fingerprint density at radius 2 is 2.29 bits per heavy atom. The van der Waals surface area contributed by atoms with Crippen molar-refractivity contribution in [1.29, 1.82) is 0 Å². The van der Waals surface area contributed by atoms with Crippen molar-refractivity contribution in [2.45, 2.75) is 39.0 Å². The number of ether oxygens (including phenoxy) is 1. The van der Waals surface area contributed by atoms with Crippen LogP contribution in [0.1, 0.15) is 25.8 Å². The maximum Gasteiger partial charge on any atom is 0.249 e. The highest BCUT2D eigenvalue weighted by Crippen LogP contribution is 2.35. The average molecular weight is 333 g/mol. The number of hydrogen-bond donors (Lipinski definition) is 3. The van der Waals surface area contributed by atoms with E-state index in [1.54, 1.807) is 6.08 Å². The predicted octanol–water partition coefficient (Wildman–Crippen LogP) is 0.679. The summed E-state index contributed by atoms with van der Waals surface area (Å²) in [5.74, 6) is 1.22. The first kappa shape index (κ1) is 16.7. The lowest BCUT2D eigenvalue weighted by Gasteiger charge is -2.32. The van der Waals surface area contributed by atoms with Crippen LogP contribution in [0.25, 0.3) is 0 Å². The first-order chi connectivity index (χ1) is 11.5. The maximum absolute atomic E-state index is 11.7. The highest BCUT2D eigenvalue weighted by molar-refractivity contribution is 6.00. The third-order valence-electron chi connectivity index (χ3n) is 4.41. The molecule has 4 N–H and O–H groups in total. The molecule has 0 radical (unpaired) electrons. The summed E-state index contributed by atoms with van der Waals surface area (Å²) in [6.07, 6.45) is 4.22. The van der Waals surface area contributed by atoms with Gasteiger partial charge in [-0.15, -0.1) is 0 Å². The zero-order chi connectivity index (χ0) is 17.3. The van der Waals surface area contributed by atoms with E-state index in [9.17, 15) is 9.90 Å². The smallest absolute Gasteiger partial charge is 0.249 e. The van der Waals surface area contributed by atoms with Gasteiger partial charge in [0, 0.05) is 18.0 Å². The van der Waals surface area contributed by atoms with Crippen molar-refractivity contribution < 1.29 is 14.6 Å². The first-order valence-electron chi connectivity index (χ1n) is 8.20. The van der Waals surface area contributed by atoms with Crippen molar-refractivity contribution in [3.05, 3.63) is 17.7 Å². The Balaban J connectivity index is 2.01. The van der Waals surface area contributed by atoms with E-state index in [1.807, 2.05) is 11.8 Å². The zero-order valence-corrected chi connectivity index (χ0v) is 13.9. The number of nitrogen functional groups attached to an aromatic ring is 1. The van der Waals surface area contributed by atoms with Crippen LogP contribution in [0.15, 0.2) is 12.2 Å². The van der Waals surface area contributed by atoms with Gasteiger partial charge in [0.05, 0.1) is 12.7 Å². The number of nitrogens with one attached hydrogen (secondary N) is 1. The van der Waals surface area contributed by atoms with E-state index in [1.165, 1.54) is 6.08 Å². The second-order valence-corrected chi connectivity index (χ2v) is 6.16. The third kappa shape index (κ3) is 3.07. The molecule has 2 aliphatic heterocycles. The maximum atomic E-state index is 11.7. The number of amides is 1. The number of nitrogens with two attached hydrogens (primary N) is 1. The first-order valence-corrected chi connectivity index (χ1v) is 8.20. The van der Waals surface area contributed by atoms with Crippen molar-refractivity contribution in [2.24, 2.45) is 5.92 Å². The van der Waals surface area contributed by atoms with E-state index in [2.05, 4.69) is 22.2 Å². The fraction of sp³-hybridized carbons (Fsp3) is 0.562. The molecule has 3 rings (SSSR count). The lowest BCUT2D eigenvalue weighted by Crippen LogP contribution is -2.40. The number of fused-ring (bicyclic) bond motifs is 1. The molecule has 1 aromatic rings. The molecule has 1 aromatic heterocycles. The average Bonchev–Trinajstić information content (AvgIpc) is 2.80. The number of aliphatic hydroxyl groups is 1. The molecular formula is C16H23N5O3. The van der Waals surface area contributed by atoms with E-state index in [-0.39, 0.29) is 36.7 Å². The van der Waals surface area contributed by atoms with Crippen LogP contribution in [0, 0.1) is 5.92 Å². The lowest BCUT2D eigenvalue weighted by atomic mass is 10.0. The highest BCUT2D eigenvalue weighted by atomic mass is 16.5. The zero-order valence-electron chi connectivity index (χ0n) is 13.9. The minimum Gasteiger partial charge on any atom is -0.394 e. The van der Waals surface area contributed by atoms with Crippen LogP contribution in [0.5, 0.6) is 0 Å². The number of aliphatic hydroxyl groups excluding tert-OH is 1. The summed E-state index contributed by atoms with van der Waals surface area (Å²) in [5.41, 5.74) is 6.67. The summed E-state index contributed by atoms with van der Waals surface area (Å²) in [6, 6.07) is 0. The number of anilines is 3. The van der Waals surface area contributed by atoms with Gasteiger partial charge in [-0.05, 0) is 25.8 Å². The van der Waals surface area contributed by atoms with Crippen molar-refractivity contribution in [3.8, 4) is 0 Å². The molecule has 0 aliphatic carbocycles. The molecule has 3 atom stereocenters. The summed E-state index contributed by atoms with van der Waals surface area (Å²) in [7, 11) is 0. The van der Waals surface area contributed by atoms with Gasteiger partial charge in [-0.1, -0.05) is 13.0 Å². The van der Waals surface area contributed by atoms with E-state index < -0.39 is 0 Å². The second kappa shape index (κ2) is 6.74. The highest BCUT2D eigenvalue weighted by Gasteiger charge is 2.37. The molecule has 130 valence electrons. The van der Waals surface area contributed by atoms with Crippen LogP contribution in [-0.4, -0.2) is 46.5 Å². The summed E-state index contributed by atoms with van der Waals surface area (Å²) in [4.78, 5) is 22.3. The van der Waals surface area contributed by atoms with Crippen LogP contribution in [0.2, 0.25) is 0 Å². The summed E-state index contributed by atoms with van der Waals surface area (Å²) in [5, 5.41) is 12.1. The summed E-state index contributed by atoms with van der Waals surface area (Å²) < 4.78 is 5.98. The molecular weight excluding hydrogens is 310 g/mol. The molecule has 1 amide bonds. The quantitative estimate of drug-likeness (QED) is 0.742. The van der Waals surface area contributed by atoms with Crippen LogP contribution in [-0.2, 0) is 16.0 Å². The Kier molecular flexibility index (Phi) is 4.68. The van der Waals surface area contributed by atoms with Gasteiger partial charge < -0.3 is 25.8 Å². The predicted molar refractivity (Wildman–Crippen MR) is 90.5 cm³/mol. The van der Waals surface area contributed by atoms with Gasteiger partial charge in [0.1, 0.15) is 17.9 Å². The van der Waals surface area contributed by atoms with Crippen molar-refractivity contribution in [3.63, 3.8) is 0 Å². The monoisotopic (exact) mass is 333 g/mol. The van der Waals surface area contributed by atoms with Crippen LogP contribution in [0.3, 0.4) is 0 Å². The number of aromatic nitrogens is 2. The summed E-state index contributed by atoms with van der Waals surface area (Å²) in [6.45, 7) is 4.76. The molecule has 0 saturated carbocycles. The molecule has 3 unspecified atom stereocenters. The van der Waals surface area contributed by atoms with Gasteiger partial charge >= 0.3 is 0 Å². The minimum absolute atomic E-state index is 0.00120. The van der Waals surface area contributed by atoms with E-state index >= 15 is 0 Å². The van der Waals surface area contributed by atoms with E-state index in [0.717, 1.165) is 12.0 Å². The topological polar surface area (TPSA) is 114 Å². The van der Waals surface area contributed by atoms with Gasteiger partial charge in [-0.3, -0.25) is 4.79 Å². The van der Waals surface area contributed by atoms with Crippen LogP contribution >= 0.6 is 0 Å². The van der Waals surface area contributed by atoms with Gasteiger partial charge in [0.15, 0.2) is 0 Å². The molecule has 1 saturated heterocycles. The van der Waals surface area contributed by atoms with Gasteiger partial charge in [0.2, 0.25) is 11.9 Å². The number of nitrogens with zero attached hydrogens (tertiary/aromatic N) is 3. The van der Waals surface area contributed by atoms with Crippen molar-refractivity contribution >= 4 is 23.5 Å². The molecule has 8 heteroatoms. The van der Waals surface area contributed by atoms with Crippen molar-refractivity contribution in [2.75, 3.05) is 29.1 Å². The van der Waals surface area contributed by atoms with Crippen LogP contribution < -0.4 is 16.0 Å². The van der Waals surface area contributed by atoms with Crippen LogP contribution in [0.4, 0.5) is 17.6 Å². The Labute approximate surface area is 140 Å². The summed E-state index contributed by atoms with van der Waals surface area (Å²) >= 11 is 0. The Morgan fingerprint density at radius 3 is 2.96 bits per heavy atom. The molecule has 3 heterocycles. The van der Waals surface area contributed by atoms with E-state index in [0.29, 0.717) is 24.6 Å². The van der Waals surface area contributed by atoms with Gasteiger partial charge in [-0.25, -0.2) is 0 Å². The SMILES string of the molecule is CCN(c1nc(N)nc2c1CC=CC(=O)N2)C1OC(CO)CC1C. The Bertz CT molecular complexity index is 663. The minimum atomic E-state index is -0.230. The Hall–Kier alpha value is -2.19. The molecule has 0 bridgehead atoms. The molecule has 8 nitrogen and oxygen atoms in total. The van der Waals surface area contributed by atoms with E-state index in [4.69, 9.17) is 10.5 Å². The number of carbonyl (C=O) groups is 1. The molecule has 2 aliphatic rings. The number of allylic oxidation sites excluding steroid dienone is 1. The fourth-order valence-electron chi connectivity index (χ4n) is 3.33. The molecule has 24 heavy (non-hydrogen) atoms. The molecule has 0 aromatic carbocycles. The lowest BCUT2D eigenvalue weighted by molar-refractivity contribution is -0.111. The number of hydrogen-bond acceptors (Lipinski definition) is 7. The molecule has 1 fully saturated rings. The third-order valence-corrected chi connectivity index (χ3v) is 4.41. The normalized spacial score (nSPS) is 26.0.